The Balaban J connectivity index is 1.76. The molecular formula is C21H25N3O2. The maximum atomic E-state index is 11.6. The summed E-state index contributed by atoms with van der Waals surface area (Å²) in [6.45, 7) is 1.53. The summed E-state index contributed by atoms with van der Waals surface area (Å²) < 4.78 is 5.36. The number of nitrogens with one attached hydrogen (secondary N) is 1. The molecule has 2 aliphatic rings. The van der Waals surface area contributed by atoms with E-state index in [0.717, 1.165) is 47.7 Å². The van der Waals surface area contributed by atoms with Gasteiger partial charge in [-0.05, 0) is 48.9 Å². The number of fused-ring (bicyclic) bond motifs is 3. The summed E-state index contributed by atoms with van der Waals surface area (Å²) in [5.41, 5.74) is 5.26. The molecule has 0 radical (unpaired) electrons. The number of aromatic nitrogens is 2. The minimum atomic E-state index is -0.0899. The maximum Gasteiger partial charge on any atom is 0.222 e. The van der Waals surface area contributed by atoms with Gasteiger partial charge in [-0.25, -0.2) is 9.97 Å². The van der Waals surface area contributed by atoms with Gasteiger partial charge in [0.25, 0.3) is 0 Å². The Kier molecular flexibility index (Phi) is 4.62. The molecule has 1 N–H and O–H groups in total. The zero-order valence-corrected chi connectivity index (χ0v) is 15.5. The molecule has 1 saturated carbocycles. The first kappa shape index (κ1) is 17.0. The van der Waals surface area contributed by atoms with Gasteiger partial charge in [0.05, 0.1) is 24.2 Å². The second kappa shape index (κ2) is 7.06. The minimum absolute atomic E-state index is 0.0899. The lowest BCUT2D eigenvalue weighted by molar-refractivity contribution is -0.114. The first-order valence-electron chi connectivity index (χ1n) is 9.48. The van der Waals surface area contributed by atoms with E-state index in [1.54, 1.807) is 7.11 Å². The molecule has 0 atom stereocenters. The zero-order valence-electron chi connectivity index (χ0n) is 15.5. The van der Waals surface area contributed by atoms with Crippen LogP contribution in [-0.2, 0) is 24.1 Å². The van der Waals surface area contributed by atoms with E-state index in [1.807, 2.05) is 6.07 Å². The monoisotopic (exact) mass is 351 g/mol. The van der Waals surface area contributed by atoms with Crippen LogP contribution < -0.4 is 10.1 Å². The summed E-state index contributed by atoms with van der Waals surface area (Å²) in [6, 6.07) is 6.16. The van der Waals surface area contributed by atoms with Gasteiger partial charge in [-0.2, -0.15) is 0 Å². The molecule has 2 aromatic rings. The molecule has 0 spiro atoms. The van der Waals surface area contributed by atoms with Crippen molar-refractivity contribution in [2.45, 2.75) is 51.9 Å². The average molecular weight is 351 g/mol. The minimum Gasteiger partial charge on any atom is -0.497 e. The molecule has 1 amide bonds. The van der Waals surface area contributed by atoms with Crippen molar-refractivity contribution in [2.75, 3.05) is 12.4 Å². The molecule has 0 saturated heterocycles. The van der Waals surface area contributed by atoms with Crippen LogP contribution in [0.4, 0.5) is 5.82 Å². The quantitative estimate of drug-likeness (QED) is 0.906. The second-order valence-corrected chi connectivity index (χ2v) is 7.37. The van der Waals surface area contributed by atoms with Crippen molar-refractivity contribution in [3.05, 3.63) is 35.2 Å². The van der Waals surface area contributed by atoms with E-state index in [4.69, 9.17) is 14.7 Å². The number of methoxy groups -OCH3 is 1. The third-order valence-electron chi connectivity index (χ3n) is 5.49. The fraction of sp³-hybridized carbons (Fsp3) is 0.476. The molecule has 4 rings (SSSR count). The fourth-order valence-electron chi connectivity index (χ4n) is 4.18. The molecule has 0 unspecified atom stereocenters. The topological polar surface area (TPSA) is 64.1 Å². The van der Waals surface area contributed by atoms with Crippen LogP contribution in [0.5, 0.6) is 5.75 Å². The normalized spacial score (nSPS) is 16.1. The predicted octanol–water partition coefficient (Wildman–Crippen LogP) is 3.94. The van der Waals surface area contributed by atoms with Crippen molar-refractivity contribution in [2.24, 2.45) is 5.92 Å². The summed E-state index contributed by atoms with van der Waals surface area (Å²) in [7, 11) is 1.69. The predicted molar refractivity (Wildman–Crippen MR) is 101 cm³/mol. The van der Waals surface area contributed by atoms with Gasteiger partial charge < -0.3 is 10.1 Å². The third kappa shape index (κ3) is 3.30. The molecule has 2 aliphatic carbocycles. The van der Waals surface area contributed by atoms with Crippen molar-refractivity contribution >= 4 is 11.7 Å². The van der Waals surface area contributed by atoms with Gasteiger partial charge in [0.15, 0.2) is 5.82 Å². The number of carbonyl (C=O) groups excluding carboxylic acids is 1. The molecule has 1 aromatic heterocycles. The highest BCUT2D eigenvalue weighted by molar-refractivity contribution is 5.88. The molecule has 1 heterocycles. The molecule has 1 fully saturated rings. The van der Waals surface area contributed by atoms with Gasteiger partial charge in [0.2, 0.25) is 5.91 Å². The Morgan fingerprint density at radius 1 is 1.23 bits per heavy atom. The number of rotatable bonds is 4. The van der Waals surface area contributed by atoms with Gasteiger partial charge in [-0.1, -0.05) is 25.7 Å². The second-order valence-electron chi connectivity index (χ2n) is 7.37. The lowest BCUT2D eigenvalue weighted by atomic mass is 9.91. The SMILES string of the molecule is COc1ccc2c(c1)CCc1nc(NC(C)=O)c(CC3CCCC3)nc1-2. The van der Waals surface area contributed by atoms with Crippen LogP contribution in [0.3, 0.4) is 0 Å². The van der Waals surface area contributed by atoms with Gasteiger partial charge in [0, 0.05) is 12.5 Å². The summed E-state index contributed by atoms with van der Waals surface area (Å²) in [6.07, 6.45) is 7.70. The Hall–Kier alpha value is -2.43. The standard InChI is InChI=1S/C21H25N3O2/c1-13(25)22-21-19(11-14-5-3-4-6-14)23-20-17-9-8-16(26-2)12-15(17)7-10-18(20)24-21/h8-9,12,14H,3-7,10-11H2,1-2H3,(H,22,24,25). The number of hydrogen-bond acceptors (Lipinski definition) is 4. The maximum absolute atomic E-state index is 11.6. The van der Waals surface area contributed by atoms with Crippen LogP contribution in [0.25, 0.3) is 11.3 Å². The number of anilines is 1. The lowest BCUT2D eigenvalue weighted by Crippen LogP contribution is -2.17. The summed E-state index contributed by atoms with van der Waals surface area (Å²) in [5, 5.41) is 2.91. The van der Waals surface area contributed by atoms with Crippen molar-refractivity contribution in [1.29, 1.82) is 0 Å². The summed E-state index contributed by atoms with van der Waals surface area (Å²) in [5.74, 6) is 2.09. The number of carbonyl (C=O) groups is 1. The van der Waals surface area contributed by atoms with Gasteiger partial charge in [-0.15, -0.1) is 0 Å². The van der Waals surface area contributed by atoms with Crippen LogP contribution in [0.2, 0.25) is 0 Å². The number of nitrogens with zero attached hydrogens (tertiary/aromatic N) is 2. The van der Waals surface area contributed by atoms with Gasteiger partial charge in [0.1, 0.15) is 5.75 Å². The number of ether oxygens (including phenoxy) is 1. The fourth-order valence-corrected chi connectivity index (χ4v) is 4.18. The van der Waals surface area contributed by atoms with E-state index in [-0.39, 0.29) is 5.91 Å². The molecular weight excluding hydrogens is 326 g/mol. The molecule has 0 bridgehead atoms. The number of amides is 1. The van der Waals surface area contributed by atoms with Crippen molar-refractivity contribution in [3.8, 4) is 17.0 Å². The molecule has 26 heavy (non-hydrogen) atoms. The zero-order chi connectivity index (χ0) is 18.1. The van der Waals surface area contributed by atoms with Crippen molar-refractivity contribution in [1.82, 2.24) is 9.97 Å². The highest BCUT2D eigenvalue weighted by atomic mass is 16.5. The van der Waals surface area contributed by atoms with Crippen LogP contribution >= 0.6 is 0 Å². The number of hydrogen-bond donors (Lipinski definition) is 1. The lowest BCUT2D eigenvalue weighted by Gasteiger charge is -2.22. The third-order valence-corrected chi connectivity index (χ3v) is 5.49. The van der Waals surface area contributed by atoms with Crippen LogP contribution in [0.15, 0.2) is 18.2 Å². The Bertz CT molecular complexity index is 841. The number of benzene rings is 1. The van der Waals surface area contributed by atoms with E-state index in [0.29, 0.717) is 11.7 Å². The Morgan fingerprint density at radius 2 is 2.04 bits per heavy atom. The number of aryl methyl sites for hydroxylation is 2. The largest absolute Gasteiger partial charge is 0.497 e. The molecule has 5 heteroatoms. The van der Waals surface area contributed by atoms with E-state index < -0.39 is 0 Å². The van der Waals surface area contributed by atoms with Crippen LogP contribution in [-0.4, -0.2) is 23.0 Å². The smallest absolute Gasteiger partial charge is 0.222 e. The van der Waals surface area contributed by atoms with E-state index in [1.165, 1.54) is 38.2 Å². The van der Waals surface area contributed by atoms with Crippen molar-refractivity contribution in [3.63, 3.8) is 0 Å². The van der Waals surface area contributed by atoms with Crippen LogP contribution in [0, 0.1) is 5.92 Å². The molecule has 1 aromatic carbocycles. The molecule has 136 valence electrons. The first-order chi connectivity index (χ1) is 12.6. The summed E-state index contributed by atoms with van der Waals surface area (Å²) >= 11 is 0. The first-order valence-corrected chi connectivity index (χ1v) is 9.48. The van der Waals surface area contributed by atoms with Gasteiger partial charge >= 0.3 is 0 Å². The van der Waals surface area contributed by atoms with E-state index in [9.17, 15) is 4.79 Å². The Labute approximate surface area is 154 Å². The van der Waals surface area contributed by atoms with Crippen LogP contribution in [0.1, 0.15) is 49.6 Å². The van der Waals surface area contributed by atoms with E-state index >= 15 is 0 Å². The summed E-state index contributed by atoms with van der Waals surface area (Å²) in [4.78, 5) is 21.5. The molecule has 0 aliphatic heterocycles. The Morgan fingerprint density at radius 3 is 2.77 bits per heavy atom. The molecule has 5 nitrogen and oxygen atoms in total. The average Bonchev–Trinajstić information content (AvgIpc) is 3.14. The van der Waals surface area contributed by atoms with E-state index in [2.05, 4.69) is 17.4 Å². The highest BCUT2D eigenvalue weighted by Gasteiger charge is 2.24. The highest BCUT2D eigenvalue weighted by Crippen LogP contribution is 2.36. The van der Waals surface area contributed by atoms with Gasteiger partial charge in [-0.3, -0.25) is 4.79 Å². The van der Waals surface area contributed by atoms with Crippen molar-refractivity contribution < 1.29 is 9.53 Å².